The molecule has 0 bridgehead atoms. The number of likely N-dealkylation sites (tertiary alicyclic amines) is 1. The van der Waals surface area contributed by atoms with E-state index in [2.05, 4.69) is 15.3 Å². The number of cyclic esters (lactones) is 1. The minimum Gasteiger partial charge on any atom is -0.493 e. The number of aromatic nitrogens is 2. The monoisotopic (exact) mass is 441 g/mol. The van der Waals surface area contributed by atoms with E-state index in [1.165, 1.54) is 9.80 Å². The number of amides is 2. The van der Waals surface area contributed by atoms with Crippen LogP contribution in [0.3, 0.4) is 0 Å². The summed E-state index contributed by atoms with van der Waals surface area (Å²) in [6.07, 6.45) is 0.396. The summed E-state index contributed by atoms with van der Waals surface area (Å²) in [5.41, 5.74) is 1.80. The molecule has 0 spiro atoms. The van der Waals surface area contributed by atoms with Crippen molar-refractivity contribution in [2.75, 3.05) is 29.9 Å². The number of anilines is 2. The van der Waals surface area contributed by atoms with Crippen LogP contribution >= 0.6 is 0 Å². The highest BCUT2D eigenvalue weighted by molar-refractivity contribution is 5.89. The fourth-order valence-corrected chi connectivity index (χ4v) is 3.70. The number of hydrogen-bond acceptors (Lipinski definition) is 7. The van der Waals surface area contributed by atoms with Crippen LogP contribution in [-0.4, -0.2) is 57.9 Å². The second-order valence-electron chi connectivity index (χ2n) is 8.36. The van der Waals surface area contributed by atoms with Gasteiger partial charge in [-0.25, -0.2) is 14.6 Å². The molecule has 3 heterocycles. The minimum absolute atomic E-state index is 0.0686. The van der Waals surface area contributed by atoms with Gasteiger partial charge in [-0.05, 0) is 38.5 Å². The number of fused-ring (bicyclic) bond motifs is 1. The zero-order chi connectivity index (χ0) is 22.8. The van der Waals surface area contributed by atoms with Gasteiger partial charge in [0.25, 0.3) is 0 Å². The molecule has 10 nitrogen and oxygen atoms in total. The molecule has 2 aliphatic heterocycles. The van der Waals surface area contributed by atoms with Crippen LogP contribution in [0, 0.1) is 5.92 Å². The lowest BCUT2D eigenvalue weighted by molar-refractivity contribution is 0.0585. The molecule has 0 radical (unpaired) electrons. The third-order valence-electron chi connectivity index (χ3n) is 5.57. The van der Waals surface area contributed by atoms with Crippen LogP contribution in [0.1, 0.15) is 37.9 Å². The normalized spacial score (nSPS) is 16.8. The van der Waals surface area contributed by atoms with E-state index < -0.39 is 12.2 Å². The summed E-state index contributed by atoms with van der Waals surface area (Å²) in [5.74, 6) is 1.98. The van der Waals surface area contributed by atoms with Crippen LogP contribution in [-0.2, 0) is 11.3 Å². The van der Waals surface area contributed by atoms with Crippen molar-refractivity contribution in [1.82, 2.24) is 14.9 Å². The van der Waals surface area contributed by atoms with E-state index in [0.29, 0.717) is 31.5 Å². The summed E-state index contributed by atoms with van der Waals surface area (Å²) in [4.78, 5) is 34.8. The number of ether oxygens (including phenoxy) is 2. The van der Waals surface area contributed by atoms with Crippen molar-refractivity contribution >= 4 is 24.0 Å². The number of hydrogen-bond donors (Lipinski definition) is 2. The van der Waals surface area contributed by atoms with E-state index in [0.717, 1.165) is 16.9 Å². The molecule has 1 aromatic heterocycles. The topological polar surface area (TPSA) is 117 Å². The Morgan fingerprint density at radius 1 is 1.28 bits per heavy atom. The number of nitrogens with one attached hydrogen (secondary N) is 1. The minimum atomic E-state index is -0.883. The van der Waals surface area contributed by atoms with Crippen molar-refractivity contribution in [2.24, 2.45) is 5.92 Å². The highest BCUT2D eigenvalue weighted by Crippen LogP contribution is 2.28. The maximum atomic E-state index is 12.1. The summed E-state index contributed by atoms with van der Waals surface area (Å²) >= 11 is 0. The summed E-state index contributed by atoms with van der Waals surface area (Å²) < 4.78 is 11.0. The van der Waals surface area contributed by atoms with E-state index in [9.17, 15) is 9.59 Å². The van der Waals surface area contributed by atoms with Gasteiger partial charge in [0.05, 0.1) is 18.2 Å². The fourth-order valence-electron chi connectivity index (χ4n) is 3.70. The van der Waals surface area contributed by atoms with Gasteiger partial charge in [-0.3, -0.25) is 4.90 Å². The Morgan fingerprint density at radius 2 is 2.00 bits per heavy atom. The largest absolute Gasteiger partial charge is 0.493 e. The Kier molecular flexibility index (Phi) is 6.02. The van der Waals surface area contributed by atoms with Gasteiger partial charge in [0, 0.05) is 31.2 Å². The Labute approximate surface area is 186 Å². The lowest BCUT2D eigenvalue weighted by Gasteiger charge is -2.36. The molecule has 0 saturated carbocycles. The van der Waals surface area contributed by atoms with Crippen molar-refractivity contribution in [1.29, 1.82) is 0 Å². The Bertz CT molecular complexity index is 991. The highest BCUT2D eigenvalue weighted by Gasteiger charge is 2.31. The summed E-state index contributed by atoms with van der Waals surface area (Å²) in [6, 6.07) is 7.57. The SMILES string of the molecule is CC(Nc1ncc2c(n1)N(C(C)C)C(=O)OC2)c1ccc(OCC2CN(C(=O)O)C2)cc1. The predicted molar refractivity (Wildman–Crippen MR) is 117 cm³/mol. The van der Waals surface area contributed by atoms with Crippen molar-refractivity contribution in [3.05, 3.63) is 41.6 Å². The van der Waals surface area contributed by atoms with Gasteiger partial charge in [0.2, 0.25) is 5.95 Å². The first kappa shape index (κ1) is 21.7. The first-order valence-electron chi connectivity index (χ1n) is 10.6. The quantitative estimate of drug-likeness (QED) is 0.670. The van der Waals surface area contributed by atoms with Crippen LogP contribution in [0.4, 0.5) is 21.4 Å². The summed E-state index contributed by atoms with van der Waals surface area (Å²) in [5, 5.41) is 12.2. The van der Waals surface area contributed by atoms with Gasteiger partial charge in [0.1, 0.15) is 18.2 Å². The van der Waals surface area contributed by atoms with Gasteiger partial charge in [-0.1, -0.05) is 12.1 Å². The molecule has 32 heavy (non-hydrogen) atoms. The van der Waals surface area contributed by atoms with Gasteiger partial charge >= 0.3 is 12.2 Å². The van der Waals surface area contributed by atoms with Crippen molar-refractivity contribution < 1.29 is 24.2 Å². The van der Waals surface area contributed by atoms with E-state index >= 15 is 0 Å². The molecular weight excluding hydrogens is 414 g/mol. The van der Waals surface area contributed by atoms with E-state index in [4.69, 9.17) is 14.6 Å². The zero-order valence-corrected chi connectivity index (χ0v) is 18.3. The number of benzene rings is 1. The second kappa shape index (κ2) is 8.89. The first-order chi connectivity index (χ1) is 15.3. The molecule has 2 aliphatic rings. The Balaban J connectivity index is 1.35. The lowest BCUT2D eigenvalue weighted by atomic mass is 10.0. The highest BCUT2D eigenvalue weighted by atomic mass is 16.6. The maximum absolute atomic E-state index is 12.1. The van der Waals surface area contributed by atoms with Crippen LogP contribution in [0.2, 0.25) is 0 Å². The van der Waals surface area contributed by atoms with Crippen molar-refractivity contribution in [2.45, 2.75) is 39.5 Å². The predicted octanol–water partition coefficient (Wildman–Crippen LogP) is 3.50. The average molecular weight is 441 g/mol. The number of carbonyl (C=O) groups excluding carboxylic acids is 1. The fraction of sp³-hybridized carbons (Fsp3) is 0.455. The van der Waals surface area contributed by atoms with Gasteiger partial charge in [-0.2, -0.15) is 4.98 Å². The molecule has 1 unspecified atom stereocenters. The molecule has 10 heteroatoms. The average Bonchev–Trinajstić information content (AvgIpc) is 2.72. The van der Waals surface area contributed by atoms with Crippen LogP contribution in [0.25, 0.3) is 0 Å². The maximum Gasteiger partial charge on any atom is 0.416 e. The summed E-state index contributed by atoms with van der Waals surface area (Å²) in [7, 11) is 0. The van der Waals surface area contributed by atoms with Crippen LogP contribution in [0.15, 0.2) is 30.5 Å². The van der Waals surface area contributed by atoms with Crippen LogP contribution < -0.4 is 15.0 Å². The molecule has 4 rings (SSSR count). The number of nitrogens with zero attached hydrogens (tertiary/aromatic N) is 4. The molecule has 1 saturated heterocycles. The molecule has 170 valence electrons. The first-order valence-corrected chi connectivity index (χ1v) is 10.6. The zero-order valence-electron chi connectivity index (χ0n) is 18.3. The summed E-state index contributed by atoms with van der Waals surface area (Å²) in [6.45, 7) is 7.51. The molecule has 2 amide bonds. The van der Waals surface area contributed by atoms with Gasteiger partial charge < -0.3 is 24.8 Å². The molecule has 2 N–H and O–H groups in total. The lowest BCUT2D eigenvalue weighted by Crippen LogP contribution is -2.51. The molecule has 1 fully saturated rings. The Hall–Kier alpha value is -3.56. The number of carboxylic acid groups (broad SMARTS) is 1. The van der Waals surface area contributed by atoms with Gasteiger partial charge in [-0.15, -0.1) is 0 Å². The molecule has 1 atom stereocenters. The van der Waals surface area contributed by atoms with Crippen molar-refractivity contribution in [3.63, 3.8) is 0 Å². The van der Waals surface area contributed by atoms with E-state index in [1.807, 2.05) is 45.0 Å². The molecule has 2 aromatic rings. The molecule has 0 aliphatic carbocycles. The molecular formula is C22H27N5O5. The molecule has 1 aromatic carbocycles. The van der Waals surface area contributed by atoms with E-state index in [1.54, 1.807) is 6.20 Å². The van der Waals surface area contributed by atoms with Crippen molar-refractivity contribution in [3.8, 4) is 5.75 Å². The second-order valence-corrected chi connectivity index (χ2v) is 8.36. The third kappa shape index (κ3) is 4.53. The number of rotatable bonds is 7. The van der Waals surface area contributed by atoms with Gasteiger partial charge in [0.15, 0.2) is 0 Å². The smallest absolute Gasteiger partial charge is 0.416 e. The standard InChI is InChI=1S/C22H27N5O5/c1-13(2)27-19-17(12-32-22(27)30)8-23-20(25-19)24-14(3)16-4-6-18(7-5-16)31-11-15-9-26(10-15)21(28)29/h4-8,13-15H,9-12H2,1-3H3,(H,28,29)(H,23,24,25). The number of carbonyl (C=O) groups is 2. The van der Waals surface area contributed by atoms with Crippen LogP contribution in [0.5, 0.6) is 5.75 Å². The third-order valence-corrected chi connectivity index (χ3v) is 5.57. The van der Waals surface area contributed by atoms with E-state index in [-0.39, 0.29) is 24.6 Å². The Morgan fingerprint density at radius 3 is 2.66 bits per heavy atom.